The summed E-state index contributed by atoms with van der Waals surface area (Å²) in [7, 11) is 0. The van der Waals surface area contributed by atoms with Crippen LogP contribution in [0.2, 0.25) is 0 Å². The molecule has 1 aromatic rings. The average Bonchev–Trinajstić information content (AvgIpc) is 3.11. The number of aliphatic carboxylic acids is 1. The lowest BCUT2D eigenvalue weighted by Gasteiger charge is -2.44. The zero-order valence-corrected chi connectivity index (χ0v) is 20.2. The molecule has 2 heterocycles. The van der Waals surface area contributed by atoms with Gasteiger partial charge in [0.15, 0.2) is 6.10 Å². The number of rotatable bonds is 7. The number of benzene rings is 1. The molecule has 38 heavy (non-hydrogen) atoms. The van der Waals surface area contributed by atoms with Gasteiger partial charge >= 0.3 is 11.9 Å². The van der Waals surface area contributed by atoms with Crippen LogP contribution in [-0.4, -0.2) is 103 Å². The Morgan fingerprint density at radius 1 is 1.13 bits per heavy atom. The van der Waals surface area contributed by atoms with Gasteiger partial charge in [-0.1, -0.05) is 12.1 Å². The number of carbonyl (C=O) groups excluding carboxylic acids is 1. The largest absolute Gasteiger partial charge is 0.508 e. The summed E-state index contributed by atoms with van der Waals surface area (Å²) in [6, 6.07) is 5.90. The molecule has 208 valence electrons. The van der Waals surface area contributed by atoms with E-state index in [9.17, 15) is 45.3 Å². The van der Waals surface area contributed by atoms with Gasteiger partial charge < -0.3 is 54.7 Å². The first-order chi connectivity index (χ1) is 17.9. The average molecular weight is 539 g/mol. The highest BCUT2D eigenvalue weighted by Gasteiger charge is 2.59. The van der Waals surface area contributed by atoms with Crippen LogP contribution in [-0.2, 0) is 28.5 Å². The second kappa shape index (κ2) is 11.0. The summed E-state index contributed by atoms with van der Waals surface area (Å²) in [6.45, 7) is 0.657. The van der Waals surface area contributed by atoms with Crippen molar-refractivity contribution in [2.75, 3.05) is 6.61 Å². The molecule has 1 saturated heterocycles. The summed E-state index contributed by atoms with van der Waals surface area (Å²) in [5.41, 5.74) is -1.35. The van der Waals surface area contributed by atoms with Crippen LogP contribution in [0.4, 0.5) is 0 Å². The van der Waals surface area contributed by atoms with Gasteiger partial charge in [0.25, 0.3) is 0 Å². The van der Waals surface area contributed by atoms with Gasteiger partial charge in [-0.15, -0.1) is 0 Å². The van der Waals surface area contributed by atoms with Gasteiger partial charge in [0, 0.05) is 18.4 Å². The van der Waals surface area contributed by atoms with Gasteiger partial charge in [-0.3, -0.25) is 0 Å². The Morgan fingerprint density at radius 2 is 1.82 bits per heavy atom. The minimum atomic E-state index is -1.77. The smallest absolute Gasteiger partial charge is 0.335 e. The summed E-state index contributed by atoms with van der Waals surface area (Å²) in [4.78, 5) is 24.2. The van der Waals surface area contributed by atoms with Crippen LogP contribution in [0.25, 0.3) is 6.08 Å². The van der Waals surface area contributed by atoms with Crippen molar-refractivity contribution in [3.05, 3.63) is 47.7 Å². The molecule has 1 saturated carbocycles. The Labute approximate surface area is 216 Å². The molecule has 0 spiro atoms. The third-order valence-electron chi connectivity index (χ3n) is 7.02. The lowest BCUT2D eigenvalue weighted by molar-refractivity contribution is -0.347. The monoisotopic (exact) mass is 538 g/mol. The predicted molar refractivity (Wildman–Crippen MR) is 125 cm³/mol. The van der Waals surface area contributed by atoms with E-state index in [4.69, 9.17) is 18.9 Å². The number of phenolic OH excluding ortho intramolecular Hbond substituents is 1. The fourth-order valence-corrected chi connectivity index (χ4v) is 5.14. The number of carboxylic acid groups (broad SMARTS) is 1. The molecule has 1 aliphatic carbocycles. The number of hydrogen-bond donors (Lipinski definition) is 7. The van der Waals surface area contributed by atoms with E-state index in [1.165, 1.54) is 37.3 Å². The van der Waals surface area contributed by atoms with E-state index in [0.717, 1.165) is 12.3 Å². The molecule has 7 N–H and O–H groups in total. The summed E-state index contributed by atoms with van der Waals surface area (Å²) in [5.74, 6) is -4.43. The van der Waals surface area contributed by atoms with E-state index in [1.54, 1.807) is 0 Å². The van der Waals surface area contributed by atoms with Crippen molar-refractivity contribution in [3.63, 3.8) is 0 Å². The maximum atomic E-state index is 12.5. The van der Waals surface area contributed by atoms with Crippen molar-refractivity contribution >= 4 is 18.0 Å². The summed E-state index contributed by atoms with van der Waals surface area (Å²) in [6.07, 6.45) is -7.55. The number of esters is 1. The normalized spacial score (nSPS) is 38.8. The first kappa shape index (κ1) is 28.0. The van der Waals surface area contributed by atoms with Crippen molar-refractivity contribution in [2.24, 2.45) is 11.8 Å². The van der Waals surface area contributed by atoms with Crippen LogP contribution < -0.4 is 0 Å². The molecule has 0 radical (unpaired) electrons. The molecule has 2 aliphatic heterocycles. The van der Waals surface area contributed by atoms with Crippen molar-refractivity contribution in [1.82, 2.24) is 0 Å². The van der Waals surface area contributed by atoms with E-state index in [-0.39, 0.29) is 17.7 Å². The highest BCUT2D eigenvalue weighted by molar-refractivity contribution is 5.88. The fourth-order valence-electron chi connectivity index (χ4n) is 5.14. The molecule has 3 aliphatic rings. The number of ether oxygens (including phenoxy) is 4. The molecule has 0 bridgehead atoms. The number of carboxylic acids is 1. The standard InChI is InChI=1S/C25H30O13/c1-25(34)8-14(28)17-13(22(32)33)10-35-23(18(17)25)38-24-21(20(31)19(30)15(9-26)36-24)37-16(29)7-4-11-2-5-12(27)6-3-11/h2-7,10,14-15,17-21,23-24,26-28,30-31,34H,8-9H2,1H3,(H,32,33)/t14-,15+,17+,18-,19-,20-,21-,23+,24+,25+/m1/s1. The maximum absolute atomic E-state index is 12.5. The summed E-state index contributed by atoms with van der Waals surface area (Å²) >= 11 is 0. The van der Waals surface area contributed by atoms with E-state index in [2.05, 4.69) is 0 Å². The Bertz CT molecular complexity index is 1080. The van der Waals surface area contributed by atoms with Crippen LogP contribution in [0.5, 0.6) is 5.75 Å². The van der Waals surface area contributed by atoms with Crippen LogP contribution in [0.3, 0.4) is 0 Å². The molecule has 13 nitrogen and oxygen atoms in total. The number of aliphatic hydroxyl groups excluding tert-OH is 4. The molecule has 0 unspecified atom stereocenters. The van der Waals surface area contributed by atoms with Gasteiger partial charge in [-0.25, -0.2) is 9.59 Å². The maximum Gasteiger partial charge on any atom is 0.335 e. The first-order valence-corrected chi connectivity index (χ1v) is 11.9. The van der Waals surface area contributed by atoms with Crippen molar-refractivity contribution < 1.29 is 64.3 Å². The zero-order valence-electron chi connectivity index (χ0n) is 20.2. The van der Waals surface area contributed by atoms with Gasteiger partial charge in [-0.05, 0) is 30.7 Å². The molecule has 0 amide bonds. The highest BCUT2D eigenvalue weighted by Crippen LogP contribution is 2.49. The summed E-state index contributed by atoms with van der Waals surface area (Å²) in [5, 5.41) is 70.9. The Morgan fingerprint density at radius 3 is 2.45 bits per heavy atom. The number of phenols is 1. The quantitative estimate of drug-likeness (QED) is 0.161. The van der Waals surface area contributed by atoms with E-state index < -0.39 is 79.1 Å². The van der Waals surface area contributed by atoms with Crippen LogP contribution in [0.1, 0.15) is 18.9 Å². The number of carbonyl (C=O) groups is 2. The number of aliphatic hydroxyl groups is 5. The molecule has 13 heteroatoms. The molecule has 10 atom stereocenters. The van der Waals surface area contributed by atoms with Crippen molar-refractivity contribution in [1.29, 1.82) is 0 Å². The van der Waals surface area contributed by atoms with Gasteiger partial charge in [0.05, 0.1) is 36.1 Å². The molecule has 1 aromatic carbocycles. The predicted octanol–water partition coefficient (Wildman–Crippen LogP) is -1.15. The number of aromatic hydroxyl groups is 1. The zero-order chi connectivity index (χ0) is 27.8. The summed E-state index contributed by atoms with van der Waals surface area (Å²) < 4.78 is 22.2. The van der Waals surface area contributed by atoms with E-state index >= 15 is 0 Å². The molecule has 4 rings (SSSR count). The van der Waals surface area contributed by atoms with E-state index in [1.807, 2.05) is 0 Å². The van der Waals surface area contributed by atoms with Crippen LogP contribution >= 0.6 is 0 Å². The first-order valence-electron chi connectivity index (χ1n) is 11.9. The lowest BCUT2D eigenvalue weighted by Crippen LogP contribution is -2.62. The van der Waals surface area contributed by atoms with Crippen LogP contribution in [0, 0.1) is 11.8 Å². The third-order valence-corrected chi connectivity index (χ3v) is 7.02. The number of hydrogen-bond acceptors (Lipinski definition) is 12. The topological polar surface area (TPSA) is 213 Å². The highest BCUT2D eigenvalue weighted by atomic mass is 16.8. The van der Waals surface area contributed by atoms with E-state index in [0.29, 0.717) is 5.56 Å². The van der Waals surface area contributed by atoms with Gasteiger partial charge in [0.1, 0.15) is 24.1 Å². The lowest BCUT2D eigenvalue weighted by atomic mass is 9.81. The van der Waals surface area contributed by atoms with Gasteiger partial charge in [-0.2, -0.15) is 0 Å². The van der Waals surface area contributed by atoms with Crippen molar-refractivity contribution in [3.8, 4) is 5.75 Å². The van der Waals surface area contributed by atoms with Crippen LogP contribution in [0.15, 0.2) is 42.2 Å². The molecule has 0 aromatic heterocycles. The Kier molecular flexibility index (Phi) is 8.09. The second-order valence-corrected chi connectivity index (χ2v) is 9.73. The molecular weight excluding hydrogens is 508 g/mol. The second-order valence-electron chi connectivity index (χ2n) is 9.73. The molecular formula is C25H30O13. The molecule has 2 fully saturated rings. The van der Waals surface area contributed by atoms with Gasteiger partial charge in [0.2, 0.25) is 12.6 Å². The fraction of sp³-hybridized carbons (Fsp3) is 0.520. The SMILES string of the molecule is C[C@]1(O)C[C@@H](O)[C@@H]2C(C(=O)O)=CO[C@@H](O[C@@H]3O[C@@H](CO)[C@@H](O)[C@@H](O)[C@H]3OC(=O)C=Cc3ccc(O)cc3)[C@@H]21. The minimum absolute atomic E-state index is 0.0332. The third kappa shape index (κ3) is 5.54. The minimum Gasteiger partial charge on any atom is -0.508 e. The van der Waals surface area contributed by atoms with Crippen molar-refractivity contribution in [2.45, 2.75) is 62.0 Å². The number of fused-ring (bicyclic) bond motifs is 1. The Hall–Kier alpha value is -3.04. The Balaban J connectivity index is 1.57.